The van der Waals surface area contributed by atoms with Crippen LogP contribution in [0.2, 0.25) is 0 Å². The SMILES string of the molecule is O=S(=O)(O)CCCCCCCCCCBr.[NaH]. The van der Waals surface area contributed by atoms with Crippen LogP contribution in [0, 0.1) is 0 Å². The van der Waals surface area contributed by atoms with Gasteiger partial charge in [0.2, 0.25) is 0 Å². The molecule has 0 saturated heterocycles. The van der Waals surface area contributed by atoms with E-state index in [0.717, 1.165) is 18.2 Å². The van der Waals surface area contributed by atoms with E-state index >= 15 is 0 Å². The normalized spacial score (nSPS) is 11.1. The predicted molar refractivity (Wildman–Crippen MR) is 74.3 cm³/mol. The maximum absolute atomic E-state index is 10.4. The van der Waals surface area contributed by atoms with E-state index in [9.17, 15) is 8.42 Å². The molecule has 1 N–H and O–H groups in total. The summed E-state index contributed by atoms with van der Waals surface area (Å²) in [6, 6.07) is 0. The van der Waals surface area contributed by atoms with Crippen LogP contribution in [0.4, 0.5) is 0 Å². The Morgan fingerprint density at radius 1 is 0.812 bits per heavy atom. The van der Waals surface area contributed by atoms with Crippen molar-refractivity contribution in [2.75, 3.05) is 11.1 Å². The Labute approximate surface area is 130 Å². The molecule has 0 amide bonds. The number of halogens is 1. The summed E-state index contributed by atoms with van der Waals surface area (Å²) in [4.78, 5) is 0. The molecule has 0 radical (unpaired) electrons. The van der Waals surface area contributed by atoms with Crippen LogP contribution in [0.3, 0.4) is 0 Å². The summed E-state index contributed by atoms with van der Waals surface area (Å²) in [6.07, 6.45) is 8.75. The fraction of sp³-hybridized carbons (Fsp3) is 1.00. The van der Waals surface area contributed by atoms with Gasteiger partial charge in [-0.1, -0.05) is 54.5 Å². The quantitative estimate of drug-likeness (QED) is 0.291. The molecule has 0 aromatic rings. The van der Waals surface area contributed by atoms with Crippen molar-refractivity contribution in [1.29, 1.82) is 0 Å². The summed E-state index contributed by atoms with van der Waals surface area (Å²) in [5.41, 5.74) is 0. The first-order valence-corrected chi connectivity index (χ1v) is 8.30. The molecule has 0 aliphatic heterocycles. The van der Waals surface area contributed by atoms with E-state index in [4.69, 9.17) is 4.55 Å². The van der Waals surface area contributed by atoms with Crippen molar-refractivity contribution in [1.82, 2.24) is 0 Å². The van der Waals surface area contributed by atoms with Crippen molar-refractivity contribution in [2.24, 2.45) is 0 Å². The summed E-state index contributed by atoms with van der Waals surface area (Å²) < 4.78 is 29.3. The van der Waals surface area contributed by atoms with Crippen molar-refractivity contribution in [2.45, 2.75) is 51.4 Å². The zero-order chi connectivity index (χ0) is 11.6. The average molecular weight is 325 g/mol. The second-order valence-electron chi connectivity index (χ2n) is 3.80. The fourth-order valence-electron chi connectivity index (χ4n) is 1.44. The van der Waals surface area contributed by atoms with Crippen LogP contribution in [0.25, 0.3) is 0 Å². The third-order valence-corrected chi connectivity index (χ3v) is 3.65. The molecule has 0 atom stereocenters. The first-order chi connectivity index (χ1) is 7.06. The van der Waals surface area contributed by atoms with Crippen molar-refractivity contribution < 1.29 is 13.0 Å². The van der Waals surface area contributed by atoms with Gasteiger partial charge in [0.15, 0.2) is 0 Å². The molecule has 6 heteroatoms. The molecule has 0 saturated carbocycles. The number of alkyl halides is 1. The Morgan fingerprint density at radius 3 is 1.56 bits per heavy atom. The second kappa shape index (κ2) is 12.8. The average Bonchev–Trinajstić information content (AvgIpc) is 2.14. The topological polar surface area (TPSA) is 54.4 Å². The minimum absolute atomic E-state index is 0. The molecule has 3 nitrogen and oxygen atoms in total. The van der Waals surface area contributed by atoms with Gasteiger partial charge in [-0.15, -0.1) is 0 Å². The second-order valence-corrected chi connectivity index (χ2v) is 6.17. The maximum atomic E-state index is 10.4. The number of unbranched alkanes of at least 4 members (excludes halogenated alkanes) is 7. The van der Waals surface area contributed by atoms with Crippen LogP contribution in [-0.4, -0.2) is 53.6 Å². The summed E-state index contributed by atoms with van der Waals surface area (Å²) in [5.74, 6) is -0.0867. The monoisotopic (exact) mass is 324 g/mol. The summed E-state index contributed by atoms with van der Waals surface area (Å²) >= 11 is 3.39. The van der Waals surface area contributed by atoms with Gasteiger partial charge in [0.1, 0.15) is 0 Å². The molecule has 0 aromatic heterocycles. The molecule has 0 rings (SSSR count). The molecular formula is C10H22BrNaO3S. The fourth-order valence-corrected chi connectivity index (χ4v) is 2.41. The predicted octanol–water partition coefficient (Wildman–Crippen LogP) is 2.74. The Kier molecular flexibility index (Phi) is 15.8. The third-order valence-electron chi connectivity index (χ3n) is 2.29. The van der Waals surface area contributed by atoms with Crippen LogP contribution < -0.4 is 0 Å². The van der Waals surface area contributed by atoms with Gasteiger partial charge >= 0.3 is 29.6 Å². The van der Waals surface area contributed by atoms with Gasteiger partial charge in [-0.25, -0.2) is 0 Å². The third kappa shape index (κ3) is 17.8. The zero-order valence-electron chi connectivity index (χ0n) is 9.12. The van der Waals surface area contributed by atoms with E-state index in [1.165, 1.54) is 32.1 Å². The molecule has 0 aliphatic carbocycles. The van der Waals surface area contributed by atoms with E-state index < -0.39 is 10.1 Å². The molecule has 94 valence electrons. The van der Waals surface area contributed by atoms with Gasteiger partial charge in [0.25, 0.3) is 10.1 Å². The van der Waals surface area contributed by atoms with Crippen LogP contribution in [0.15, 0.2) is 0 Å². The molecule has 0 aromatic carbocycles. The van der Waals surface area contributed by atoms with E-state index in [1.807, 2.05) is 0 Å². The Bertz CT molecular complexity index is 232. The first kappa shape index (κ1) is 19.7. The van der Waals surface area contributed by atoms with Gasteiger partial charge in [-0.3, -0.25) is 4.55 Å². The molecule has 0 unspecified atom stereocenters. The van der Waals surface area contributed by atoms with Crippen molar-refractivity contribution in [3.8, 4) is 0 Å². The zero-order valence-corrected chi connectivity index (χ0v) is 11.5. The number of rotatable bonds is 10. The summed E-state index contributed by atoms with van der Waals surface area (Å²) in [7, 11) is -3.73. The van der Waals surface area contributed by atoms with Gasteiger partial charge in [0.05, 0.1) is 5.75 Å². The Morgan fingerprint density at radius 2 is 1.19 bits per heavy atom. The van der Waals surface area contributed by atoms with Gasteiger partial charge < -0.3 is 0 Å². The van der Waals surface area contributed by atoms with Crippen LogP contribution in [0.5, 0.6) is 0 Å². The summed E-state index contributed by atoms with van der Waals surface area (Å²) in [5, 5.41) is 1.08. The Hall–Kier alpha value is 1.39. The number of hydrogen-bond acceptors (Lipinski definition) is 2. The molecule has 0 heterocycles. The van der Waals surface area contributed by atoms with Gasteiger partial charge in [0, 0.05) is 5.33 Å². The Balaban J connectivity index is 0. The van der Waals surface area contributed by atoms with Gasteiger partial charge in [-0.2, -0.15) is 8.42 Å². The van der Waals surface area contributed by atoms with Gasteiger partial charge in [-0.05, 0) is 12.8 Å². The van der Waals surface area contributed by atoms with E-state index in [0.29, 0.717) is 6.42 Å². The van der Waals surface area contributed by atoms with Crippen LogP contribution >= 0.6 is 15.9 Å². The van der Waals surface area contributed by atoms with Crippen LogP contribution in [-0.2, 0) is 10.1 Å². The van der Waals surface area contributed by atoms with Crippen molar-refractivity contribution in [3.05, 3.63) is 0 Å². The minimum atomic E-state index is -3.73. The number of hydrogen-bond donors (Lipinski definition) is 1. The summed E-state index contributed by atoms with van der Waals surface area (Å²) in [6.45, 7) is 0. The molecule has 0 aliphatic rings. The van der Waals surface area contributed by atoms with Crippen molar-refractivity contribution in [3.63, 3.8) is 0 Å². The van der Waals surface area contributed by atoms with Crippen LogP contribution in [0.1, 0.15) is 51.4 Å². The standard InChI is InChI=1S/C10H21BrO3S.Na.H/c11-9-7-5-3-1-2-4-6-8-10-15(12,13)14;;/h1-10H2,(H,12,13,14);;. The van der Waals surface area contributed by atoms with E-state index in [-0.39, 0.29) is 35.3 Å². The molecule has 16 heavy (non-hydrogen) atoms. The van der Waals surface area contributed by atoms with E-state index in [2.05, 4.69) is 15.9 Å². The molecule has 0 bridgehead atoms. The first-order valence-electron chi connectivity index (χ1n) is 5.57. The molecule has 0 fully saturated rings. The molecule has 0 spiro atoms. The van der Waals surface area contributed by atoms with Crippen molar-refractivity contribution >= 4 is 55.6 Å². The molecular weight excluding hydrogens is 303 g/mol. The van der Waals surface area contributed by atoms with E-state index in [1.54, 1.807) is 0 Å².